The van der Waals surface area contributed by atoms with E-state index in [4.69, 9.17) is 22.3 Å². The summed E-state index contributed by atoms with van der Waals surface area (Å²) >= 11 is 7.92. The predicted molar refractivity (Wildman–Crippen MR) is 115 cm³/mol. The van der Waals surface area contributed by atoms with Crippen molar-refractivity contribution in [2.24, 2.45) is 5.73 Å². The molecule has 4 rings (SSSR count). The second-order valence-corrected chi connectivity index (χ2v) is 8.52. The average molecular weight is 429 g/mol. The molecule has 0 aliphatic carbocycles. The summed E-state index contributed by atoms with van der Waals surface area (Å²) in [5.41, 5.74) is 6.98. The van der Waals surface area contributed by atoms with Crippen molar-refractivity contribution in [2.75, 3.05) is 6.54 Å². The van der Waals surface area contributed by atoms with Crippen molar-refractivity contribution >= 4 is 45.1 Å². The molecule has 1 aromatic heterocycles. The predicted octanol–water partition coefficient (Wildman–Crippen LogP) is 4.41. The number of hydrogen-bond donors (Lipinski definition) is 2. The monoisotopic (exact) mass is 428 g/mol. The smallest absolute Gasteiger partial charge is 0.312 e. The third kappa shape index (κ3) is 4.21. The second kappa shape index (κ2) is 8.39. The standard InChI is InChI=1S/C21H21ClN4O2S/c22-14-7-2-1-6-13(14)16(25-21(23)28)12-19(27)26-11-5-9-17(26)20-24-15-8-3-4-10-18(15)29-20/h1-4,6-8,10,16-17H,5,9,11-12H2,(H3,23,25,28)/t16-,17-/m0/s1. The Morgan fingerprint density at radius 2 is 2.00 bits per heavy atom. The largest absolute Gasteiger partial charge is 0.352 e. The van der Waals surface area contributed by atoms with Gasteiger partial charge in [-0.05, 0) is 36.6 Å². The summed E-state index contributed by atoms with van der Waals surface area (Å²) in [7, 11) is 0. The molecule has 6 nitrogen and oxygen atoms in total. The van der Waals surface area contributed by atoms with Gasteiger partial charge in [0, 0.05) is 11.6 Å². The zero-order chi connectivity index (χ0) is 20.4. The minimum absolute atomic E-state index is 0.0413. The Morgan fingerprint density at radius 1 is 1.24 bits per heavy atom. The van der Waals surface area contributed by atoms with E-state index in [0.29, 0.717) is 17.1 Å². The van der Waals surface area contributed by atoms with Crippen LogP contribution in [0.15, 0.2) is 48.5 Å². The summed E-state index contributed by atoms with van der Waals surface area (Å²) in [5, 5.41) is 4.10. The first-order chi connectivity index (χ1) is 14.0. The number of nitrogens with two attached hydrogens (primary N) is 1. The Morgan fingerprint density at radius 3 is 2.76 bits per heavy atom. The summed E-state index contributed by atoms with van der Waals surface area (Å²) < 4.78 is 1.12. The molecule has 3 aromatic rings. The van der Waals surface area contributed by atoms with E-state index in [1.54, 1.807) is 29.5 Å². The van der Waals surface area contributed by atoms with Crippen LogP contribution in [0.3, 0.4) is 0 Å². The fourth-order valence-corrected chi connectivity index (χ4v) is 5.20. The van der Waals surface area contributed by atoms with Crippen LogP contribution in [0.4, 0.5) is 4.79 Å². The SMILES string of the molecule is NC(=O)N[C@@H](CC(=O)N1CCC[C@H]1c1nc2ccccc2s1)c1ccccc1Cl. The minimum Gasteiger partial charge on any atom is -0.352 e. The summed E-state index contributed by atoms with van der Waals surface area (Å²) in [4.78, 5) is 31.3. The lowest BCUT2D eigenvalue weighted by atomic mass is 10.0. The number of benzene rings is 2. The molecule has 8 heteroatoms. The van der Waals surface area contributed by atoms with E-state index in [1.165, 1.54) is 0 Å². The molecule has 2 atom stereocenters. The molecular weight excluding hydrogens is 408 g/mol. The molecule has 150 valence electrons. The Labute approximate surface area is 177 Å². The zero-order valence-electron chi connectivity index (χ0n) is 15.7. The maximum atomic E-state index is 13.2. The molecule has 0 saturated carbocycles. The molecule has 3 amide bonds. The Bertz CT molecular complexity index is 1020. The maximum absolute atomic E-state index is 13.2. The van der Waals surface area contributed by atoms with Gasteiger partial charge in [-0.1, -0.05) is 41.9 Å². The zero-order valence-corrected chi connectivity index (χ0v) is 17.2. The first-order valence-electron chi connectivity index (χ1n) is 9.48. The molecule has 0 radical (unpaired) electrons. The number of nitrogens with one attached hydrogen (secondary N) is 1. The number of rotatable bonds is 5. The van der Waals surface area contributed by atoms with Gasteiger partial charge in [-0.15, -0.1) is 11.3 Å². The van der Waals surface area contributed by atoms with E-state index < -0.39 is 12.1 Å². The third-order valence-electron chi connectivity index (χ3n) is 5.14. The van der Waals surface area contributed by atoms with Crippen molar-refractivity contribution in [3.63, 3.8) is 0 Å². The topological polar surface area (TPSA) is 88.3 Å². The first-order valence-corrected chi connectivity index (χ1v) is 10.7. The summed E-state index contributed by atoms with van der Waals surface area (Å²) in [6.45, 7) is 0.672. The number of fused-ring (bicyclic) bond motifs is 1. The van der Waals surface area contributed by atoms with Crippen molar-refractivity contribution in [2.45, 2.75) is 31.3 Å². The molecule has 1 aliphatic heterocycles. The number of halogens is 1. The lowest BCUT2D eigenvalue weighted by Crippen LogP contribution is -2.38. The Balaban J connectivity index is 1.56. The summed E-state index contributed by atoms with van der Waals surface area (Å²) in [6, 6.07) is 13.8. The molecule has 1 saturated heterocycles. The van der Waals surface area contributed by atoms with E-state index in [0.717, 1.165) is 28.1 Å². The fraction of sp³-hybridized carbons (Fsp3) is 0.286. The number of carbonyl (C=O) groups excluding carboxylic acids is 2. The van der Waals surface area contributed by atoms with Crippen LogP contribution in [0.5, 0.6) is 0 Å². The summed E-state index contributed by atoms with van der Waals surface area (Å²) in [6.07, 6.45) is 1.89. The van der Waals surface area contributed by atoms with Crippen LogP contribution in [0.2, 0.25) is 5.02 Å². The Kier molecular flexibility index (Phi) is 5.69. The van der Waals surface area contributed by atoms with Crippen molar-refractivity contribution in [1.82, 2.24) is 15.2 Å². The molecule has 2 aromatic carbocycles. The number of urea groups is 1. The van der Waals surface area contributed by atoms with Gasteiger partial charge >= 0.3 is 6.03 Å². The van der Waals surface area contributed by atoms with E-state index >= 15 is 0 Å². The van der Waals surface area contributed by atoms with Gasteiger partial charge in [0.2, 0.25) is 5.91 Å². The van der Waals surface area contributed by atoms with Crippen LogP contribution >= 0.6 is 22.9 Å². The number of primary amides is 1. The lowest BCUT2D eigenvalue weighted by molar-refractivity contribution is -0.132. The van der Waals surface area contributed by atoms with Gasteiger partial charge in [-0.2, -0.15) is 0 Å². The van der Waals surface area contributed by atoms with Gasteiger partial charge in [-0.3, -0.25) is 4.79 Å². The molecule has 1 fully saturated rings. The van der Waals surface area contributed by atoms with Crippen LogP contribution in [-0.4, -0.2) is 28.4 Å². The van der Waals surface area contributed by atoms with Gasteiger partial charge in [0.25, 0.3) is 0 Å². The fourth-order valence-electron chi connectivity index (χ4n) is 3.81. The van der Waals surface area contributed by atoms with E-state index in [2.05, 4.69) is 5.32 Å². The average Bonchev–Trinajstić information content (AvgIpc) is 3.34. The van der Waals surface area contributed by atoms with E-state index in [1.807, 2.05) is 35.2 Å². The van der Waals surface area contributed by atoms with Gasteiger partial charge in [0.15, 0.2) is 0 Å². The highest BCUT2D eigenvalue weighted by molar-refractivity contribution is 7.18. The van der Waals surface area contributed by atoms with Crippen LogP contribution in [0, 0.1) is 0 Å². The van der Waals surface area contributed by atoms with Gasteiger partial charge in [0.05, 0.1) is 28.7 Å². The number of likely N-dealkylation sites (tertiary alicyclic amines) is 1. The van der Waals surface area contributed by atoms with Crippen molar-refractivity contribution in [1.29, 1.82) is 0 Å². The van der Waals surface area contributed by atoms with Crippen LogP contribution in [0.25, 0.3) is 10.2 Å². The van der Waals surface area contributed by atoms with E-state index in [-0.39, 0.29) is 18.4 Å². The molecule has 29 heavy (non-hydrogen) atoms. The minimum atomic E-state index is -0.688. The van der Waals surface area contributed by atoms with Gasteiger partial charge < -0.3 is 16.0 Å². The molecule has 2 heterocycles. The number of para-hydroxylation sites is 1. The number of amides is 3. The third-order valence-corrected chi connectivity index (χ3v) is 6.63. The number of aromatic nitrogens is 1. The number of nitrogens with zero attached hydrogens (tertiary/aromatic N) is 2. The maximum Gasteiger partial charge on any atom is 0.312 e. The van der Waals surface area contributed by atoms with Crippen LogP contribution < -0.4 is 11.1 Å². The number of carbonyl (C=O) groups is 2. The molecule has 0 unspecified atom stereocenters. The molecule has 0 spiro atoms. The molecule has 3 N–H and O–H groups in total. The number of thiazole rings is 1. The quantitative estimate of drug-likeness (QED) is 0.630. The van der Waals surface area contributed by atoms with Gasteiger partial charge in [0.1, 0.15) is 5.01 Å². The van der Waals surface area contributed by atoms with Gasteiger partial charge in [-0.25, -0.2) is 9.78 Å². The number of hydrogen-bond acceptors (Lipinski definition) is 4. The highest BCUT2D eigenvalue weighted by Gasteiger charge is 2.33. The lowest BCUT2D eigenvalue weighted by Gasteiger charge is -2.26. The molecule has 1 aliphatic rings. The summed E-state index contributed by atoms with van der Waals surface area (Å²) in [5.74, 6) is -0.0505. The van der Waals surface area contributed by atoms with Crippen LogP contribution in [-0.2, 0) is 4.79 Å². The van der Waals surface area contributed by atoms with Crippen molar-refractivity contribution < 1.29 is 9.59 Å². The highest BCUT2D eigenvalue weighted by Crippen LogP contribution is 2.37. The highest BCUT2D eigenvalue weighted by atomic mass is 35.5. The molecular formula is C21H21ClN4O2S. The molecule has 0 bridgehead atoms. The van der Waals surface area contributed by atoms with Crippen LogP contribution in [0.1, 0.15) is 41.9 Å². The van der Waals surface area contributed by atoms with E-state index in [9.17, 15) is 9.59 Å². The van der Waals surface area contributed by atoms with Crippen molar-refractivity contribution in [3.8, 4) is 0 Å². The van der Waals surface area contributed by atoms with Crippen molar-refractivity contribution in [3.05, 3.63) is 64.1 Å². The first kappa shape index (κ1) is 19.7. The second-order valence-electron chi connectivity index (χ2n) is 7.05. The normalized spacial score (nSPS) is 17.4. The Hall–Kier alpha value is -2.64.